The molecule has 3 N–H and O–H groups in total. The van der Waals surface area contributed by atoms with Crippen molar-refractivity contribution < 1.29 is 32.5 Å². The van der Waals surface area contributed by atoms with Crippen molar-refractivity contribution in [2.45, 2.75) is 44.7 Å². The van der Waals surface area contributed by atoms with Crippen LogP contribution in [0.25, 0.3) is 11.3 Å². The number of carbonyl (C=O) groups excluding carboxylic acids is 1. The topological polar surface area (TPSA) is 140 Å². The van der Waals surface area contributed by atoms with Gasteiger partial charge in [0, 0.05) is 37.3 Å². The third-order valence-corrected chi connectivity index (χ3v) is 5.56. The standard InChI is InChI=1S/C20H24F3N7O4.2H2S/c1-10(31)7-14-11(2)30(19(32)34-14)15-8-13(26-18(27-15)29-3-5-33-6-4-29)12-9-25-17(24)28-16(12)20(21,22)23;;/h8-11,14,31H,3-7H2,1-2H3,(H2,24,25,28);2*1H2/t10-,11-,14?;;/m0../s1. The second kappa shape index (κ2) is 11.7. The van der Waals surface area contributed by atoms with E-state index < -0.39 is 47.7 Å². The number of morpholine rings is 1. The number of aromatic nitrogens is 4. The number of aliphatic hydroxyl groups is 1. The lowest BCUT2D eigenvalue weighted by Crippen LogP contribution is -2.39. The molecule has 2 aromatic rings. The summed E-state index contributed by atoms with van der Waals surface area (Å²) in [6.07, 6.45) is -5.74. The van der Waals surface area contributed by atoms with Crippen LogP contribution in [0.3, 0.4) is 0 Å². The number of carbonyl (C=O) groups is 1. The largest absolute Gasteiger partial charge is 0.443 e. The highest BCUT2D eigenvalue weighted by molar-refractivity contribution is 7.59. The van der Waals surface area contributed by atoms with Crippen molar-refractivity contribution in [3.8, 4) is 11.3 Å². The van der Waals surface area contributed by atoms with Gasteiger partial charge in [0.05, 0.1) is 31.1 Å². The molecule has 36 heavy (non-hydrogen) atoms. The van der Waals surface area contributed by atoms with E-state index in [9.17, 15) is 23.1 Å². The van der Waals surface area contributed by atoms with Crippen LogP contribution in [0.1, 0.15) is 26.0 Å². The molecule has 0 bridgehead atoms. The highest BCUT2D eigenvalue weighted by Crippen LogP contribution is 2.37. The molecular formula is C20H28F3N7O4S2. The van der Waals surface area contributed by atoms with E-state index in [1.165, 1.54) is 11.0 Å². The van der Waals surface area contributed by atoms with Crippen molar-refractivity contribution in [1.82, 2.24) is 19.9 Å². The number of anilines is 3. The zero-order valence-corrected chi connectivity index (χ0v) is 21.5. The van der Waals surface area contributed by atoms with E-state index in [4.69, 9.17) is 15.2 Å². The Balaban J connectivity index is 0.00000228. The minimum atomic E-state index is -4.82. The van der Waals surface area contributed by atoms with Gasteiger partial charge in [0.1, 0.15) is 11.9 Å². The van der Waals surface area contributed by atoms with E-state index in [2.05, 4.69) is 19.9 Å². The molecule has 2 fully saturated rings. The van der Waals surface area contributed by atoms with Gasteiger partial charge < -0.3 is 25.2 Å². The summed E-state index contributed by atoms with van der Waals surface area (Å²) < 4.78 is 52.0. The SMILES string of the molecule is C[C@H](O)CC1OC(=O)N(c2cc(-c3cnc(N)nc3C(F)(F)F)nc(N3CCOCC3)n2)[C@H]1C.S.S. The first kappa shape index (κ1) is 29.7. The Bertz CT molecular complexity index is 1070. The van der Waals surface area contributed by atoms with Gasteiger partial charge in [0.2, 0.25) is 11.9 Å². The molecule has 0 saturated carbocycles. The predicted octanol–water partition coefficient (Wildman–Crippen LogP) is 2.08. The zero-order valence-electron chi connectivity index (χ0n) is 19.5. The molecule has 2 aliphatic heterocycles. The van der Waals surface area contributed by atoms with Crippen molar-refractivity contribution in [2.75, 3.05) is 41.8 Å². The monoisotopic (exact) mass is 551 g/mol. The minimum Gasteiger partial charge on any atom is -0.443 e. The van der Waals surface area contributed by atoms with Crippen LogP contribution in [0.5, 0.6) is 0 Å². The molecule has 4 heterocycles. The van der Waals surface area contributed by atoms with Gasteiger partial charge in [-0.3, -0.25) is 4.90 Å². The first-order valence-corrected chi connectivity index (χ1v) is 10.6. The highest BCUT2D eigenvalue weighted by atomic mass is 32.1. The lowest BCUT2D eigenvalue weighted by Gasteiger charge is -2.28. The number of nitrogens with zero attached hydrogens (tertiary/aromatic N) is 6. The fourth-order valence-corrected chi connectivity index (χ4v) is 3.89. The Kier molecular flexibility index (Phi) is 9.61. The number of alkyl halides is 3. The van der Waals surface area contributed by atoms with Crippen molar-refractivity contribution in [3.05, 3.63) is 18.0 Å². The minimum absolute atomic E-state index is 0. The Morgan fingerprint density at radius 1 is 1.22 bits per heavy atom. The van der Waals surface area contributed by atoms with Crippen LogP contribution in [0, 0.1) is 0 Å². The summed E-state index contributed by atoms with van der Waals surface area (Å²) in [7, 11) is 0. The van der Waals surface area contributed by atoms with Crippen molar-refractivity contribution >= 4 is 50.8 Å². The van der Waals surface area contributed by atoms with Crippen LogP contribution in [-0.4, -0.2) is 75.7 Å². The summed E-state index contributed by atoms with van der Waals surface area (Å²) in [4.78, 5) is 31.6. The molecule has 1 unspecified atom stereocenters. The van der Waals surface area contributed by atoms with Crippen LogP contribution in [0.2, 0.25) is 0 Å². The maximum absolute atomic E-state index is 13.7. The Morgan fingerprint density at radius 2 is 1.89 bits per heavy atom. The molecule has 2 aromatic heterocycles. The maximum Gasteiger partial charge on any atom is 0.434 e. The normalized spacial score (nSPS) is 20.9. The lowest BCUT2D eigenvalue weighted by molar-refractivity contribution is -0.140. The maximum atomic E-state index is 13.7. The number of nitrogens with two attached hydrogens (primary N) is 1. The summed E-state index contributed by atoms with van der Waals surface area (Å²) in [5.74, 6) is -0.349. The van der Waals surface area contributed by atoms with Gasteiger partial charge in [-0.15, -0.1) is 0 Å². The highest BCUT2D eigenvalue weighted by Gasteiger charge is 2.42. The molecule has 2 aliphatic rings. The van der Waals surface area contributed by atoms with Crippen LogP contribution >= 0.6 is 27.0 Å². The predicted molar refractivity (Wildman–Crippen MR) is 135 cm³/mol. The first-order valence-electron chi connectivity index (χ1n) is 10.6. The quantitative estimate of drug-likeness (QED) is 0.568. The van der Waals surface area contributed by atoms with Gasteiger partial charge >= 0.3 is 12.3 Å². The number of halogens is 3. The van der Waals surface area contributed by atoms with Crippen LogP contribution in [0.4, 0.5) is 35.7 Å². The number of hydrogen-bond acceptors (Lipinski definition) is 10. The number of rotatable bonds is 5. The molecule has 0 aliphatic carbocycles. The average molecular weight is 552 g/mol. The molecule has 2 saturated heterocycles. The van der Waals surface area contributed by atoms with Crippen molar-refractivity contribution in [1.29, 1.82) is 0 Å². The molecule has 11 nitrogen and oxygen atoms in total. The molecule has 3 atom stereocenters. The van der Waals surface area contributed by atoms with Crippen LogP contribution in [-0.2, 0) is 15.7 Å². The van der Waals surface area contributed by atoms with Gasteiger partial charge in [-0.25, -0.2) is 19.7 Å². The van der Waals surface area contributed by atoms with E-state index in [-0.39, 0.29) is 50.9 Å². The third kappa shape index (κ3) is 6.22. The van der Waals surface area contributed by atoms with Crippen LogP contribution in [0.15, 0.2) is 12.3 Å². The van der Waals surface area contributed by atoms with Gasteiger partial charge in [-0.05, 0) is 13.8 Å². The number of amides is 1. The average Bonchev–Trinajstić information content (AvgIpc) is 3.05. The van der Waals surface area contributed by atoms with E-state index in [0.717, 1.165) is 6.20 Å². The number of cyclic esters (lactones) is 1. The Hall–Kier alpha value is -2.56. The molecule has 16 heteroatoms. The summed E-state index contributed by atoms with van der Waals surface area (Å²) >= 11 is 0. The van der Waals surface area contributed by atoms with Crippen LogP contribution < -0.4 is 15.5 Å². The fourth-order valence-electron chi connectivity index (χ4n) is 3.89. The van der Waals surface area contributed by atoms with Gasteiger partial charge in [0.15, 0.2) is 5.69 Å². The number of aliphatic hydroxyl groups excluding tert-OH is 1. The molecule has 0 radical (unpaired) electrons. The van der Waals surface area contributed by atoms with E-state index in [1.807, 2.05) is 0 Å². The summed E-state index contributed by atoms with van der Waals surface area (Å²) in [5.41, 5.74) is 3.63. The molecule has 0 aromatic carbocycles. The number of hydrogen-bond donors (Lipinski definition) is 2. The van der Waals surface area contributed by atoms with E-state index >= 15 is 0 Å². The summed E-state index contributed by atoms with van der Waals surface area (Å²) in [6.45, 7) is 4.89. The van der Waals surface area contributed by atoms with Gasteiger partial charge in [0.25, 0.3) is 0 Å². The second-order valence-corrected chi connectivity index (χ2v) is 8.12. The fraction of sp³-hybridized carbons (Fsp3) is 0.550. The number of nitrogen functional groups attached to an aromatic ring is 1. The second-order valence-electron chi connectivity index (χ2n) is 8.12. The summed E-state index contributed by atoms with van der Waals surface area (Å²) in [6, 6.07) is 0.725. The smallest absolute Gasteiger partial charge is 0.434 e. The Morgan fingerprint density at radius 3 is 2.50 bits per heavy atom. The lowest BCUT2D eigenvalue weighted by atomic mass is 10.1. The Labute approximate surface area is 219 Å². The summed E-state index contributed by atoms with van der Waals surface area (Å²) in [5, 5.41) is 9.73. The van der Waals surface area contributed by atoms with E-state index in [1.54, 1.807) is 18.7 Å². The molecule has 1 amide bonds. The molecule has 200 valence electrons. The van der Waals surface area contributed by atoms with Crippen molar-refractivity contribution in [3.63, 3.8) is 0 Å². The number of ether oxygens (including phenoxy) is 2. The first-order chi connectivity index (χ1) is 16.0. The zero-order chi connectivity index (χ0) is 24.6. The van der Waals surface area contributed by atoms with E-state index in [0.29, 0.717) is 26.3 Å². The third-order valence-electron chi connectivity index (χ3n) is 5.56. The molecular weight excluding hydrogens is 523 g/mol. The van der Waals surface area contributed by atoms with Gasteiger partial charge in [-0.1, -0.05) is 0 Å². The van der Waals surface area contributed by atoms with Gasteiger partial charge in [-0.2, -0.15) is 45.1 Å². The molecule has 4 rings (SSSR count). The van der Waals surface area contributed by atoms with Crippen molar-refractivity contribution in [2.24, 2.45) is 0 Å². The molecule has 0 spiro atoms.